The summed E-state index contributed by atoms with van der Waals surface area (Å²) in [5, 5.41) is 4.15. The van der Waals surface area contributed by atoms with Crippen molar-refractivity contribution in [2.45, 2.75) is 0 Å². The largest absolute Gasteiger partial charge is 0.497 e. The van der Waals surface area contributed by atoms with Crippen molar-refractivity contribution in [3.63, 3.8) is 0 Å². The molecule has 0 unspecified atom stereocenters. The summed E-state index contributed by atoms with van der Waals surface area (Å²) < 4.78 is 10.8. The normalized spacial score (nSPS) is 10.2. The summed E-state index contributed by atoms with van der Waals surface area (Å²) >= 11 is 3.41. The van der Waals surface area contributed by atoms with Crippen LogP contribution >= 0.6 is 22.7 Å². The van der Waals surface area contributed by atoms with Gasteiger partial charge in [0.15, 0.2) is 0 Å². The van der Waals surface area contributed by atoms with E-state index in [4.69, 9.17) is 9.47 Å². The van der Waals surface area contributed by atoms with E-state index in [0.717, 1.165) is 33.8 Å². The van der Waals surface area contributed by atoms with Crippen LogP contribution in [0.3, 0.4) is 0 Å². The third-order valence-corrected chi connectivity index (χ3v) is 6.16. The van der Waals surface area contributed by atoms with Crippen molar-refractivity contribution in [1.29, 1.82) is 0 Å². The van der Waals surface area contributed by atoms with Gasteiger partial charge < -0.3 is 9.47 Å². The molecule has 0 N–H and O–H groups in total. The van der Waals surface area contributed by atoms with Crippen molar-refractivity contribution in [3.8, 4) is 44.2 Å². The van der Waals surface area contributed by atoms with E-state index < -0.39 is 0 Å². The van der Waals surface area contributed by atoms with Crippen LogP contribution in [0.25, 0.3) is 20.9 Å². The number of ether oxygens (including phenoxy) is 2. The van der Waals surface area contributed by atoms with Gasteiger partial charge in [-0.05, 0) is 59.3 Å². The van der Waals surface area contributed by atoms with Crippen molar-refractivity contribution in [1.82, 2.24) is 0 Å². The first-order valence-electron chi connectivity index (χ1n) is 8.74. The van der Waals surface area contributed by atoms with E-state index in [1.807, 2.05) is 24.3 Å². The number of benzene rings is 2. The van der Waals surface area contributed by atoms with Crippen LogP contribution in [0.4, 0.5) is 0 Å². The molecular weight excluding hydrogens is 384 g/mol. The van der Waals surface area contributed by atoms with Gasteiger partial charge in [0.2, 0.25) is 0 Å². The minimum Gasteiger partial charge on any atom is -0.497 e. The molecule has 2 aromatic heterocycles. The molecule has 28 heavy (non-hydrogen) atoms. The molecule has 0 bridgehead atoms. The number of rotatable bonds is 4. The lowest BCUT2D eigenvalue weighted by Gasteiger charge is -2.07. The highest BCUT2D eigenvalue weighted by atomic mass is 32.1. The molecule has 0 radical (unpaired) electrons. The highest BCUT2D eigenvalue weighted by Crippen LogP contribution is 2.32. The van der Waals surface area contributed by atoms with E-state index >= 15 is 0 Å². The first kappa shape index (κ1) is 18.4. The van der Waals surface area contributed by atoms with Gasteiger partial charge in [0.05, 0.1) is 14.2 Å². The van der Waals surface area contributed by atoms with Gasteiger partial charge in [0.25, 0.3) is 0 Å². The van der Waals surface area contributed by atoms with Crippen molar-refractivity contribution in [2.24, 2.45) is 0 Å². The van der Waals surface area contributed by atoms with E-state index in [0.29, 0.717) is 0 Å². The standard InChI is InChI=1S/C24H18O2S2/c1-25-19-9-11-21(23-5-3-13-27-23)17(15-19)7-8-18-16-20(26-2)10-12-22(18)24-6-4-14-28-24/h3-6,9-16H,1-2H3. The Morgan fingerprint density at radius 3 is 1.46 bits per heavy atom. The zero-order valence-electron chi connectivity index (χ0n) is 15.6. The van der Waals surface area contributed by atoms with Crippen LogP contribution in [0, 0.1) is 11.8 Å². The summed E-state index contributed by atoms with van der Waals surface area (Å²) in [5.41, 5.74) is 4.12. The maximum Gasteiger partial charge on any atom is 0.120 e. The quantitative estimate of drug-likeness (QED) is 0.360. The summed E-state index contributed by atoms with van der Waals surface area (Å²) in [7, 11) is 3.35. The van der Waals surface area contributed by atoms with Gasteiger partial charge in [0, 0.05) is 32.0 Å². The Hall–Kier alpha value is -3.00. The predicted octanol–water partition coefficient (Wildman–Crippen LogP) is 6.56. The van der Waals surface area contributed by atoms with E-state index in [9.17, 15) is 0 Å². The van der Waals surface area contributed by atoms with Gasteiger partial charge in [-0.3, -0.25) is 0 Å². The fraction of sp³-hybridized carbons (Fsp3) is 0.0833. The van der Waals surface area contributed by atoms with Crippen LogP contribution in [0.15, 0.2) is 71.4 Å². The van der Waals surface area contributed by atoms with Crippen LogP contribution in [0.1, 0.15) is 11.1 Å². The Morgan fingerprint density at radius 1 is 0.643 bits per heavy atom. The van der Waals surface area contributed by atoms with Gasteiger partial charge in [-0.15, -0.1) is 22.7 Å². The Bertz CT molecular complexity index is 1040. The maximum absolute atomic E-state index is 5.42. The second kappa shape index (κ2) is 8.35. The Labute approximate surface area is 173 Å². The first-order chi connectivity index (χ1) is 13.8. The van der Waals surface area contributed by atoms with Crippen molar-refractivity contribution in [2.75, 3.05) is 14.2 Å². The minimum absolute atomic E-state index is 0.800. The molecule has 0 aliphatic rings. The van der Waals surface area contributed by atoms with Crippen LogP contribution in [0.2, 0.25) is 0 Å². The fourth-order valence-electron chi connectivity index (χ4n) is 2.94. The average molecular weight is 403 g/mol. The van der Waals surface area contributed by atoms with Crippen LogP contribution in [-0.2, 0) is 0 Å². The molecule has 0 spiro atoms. The van der Waals surface area contributed by atoms with Crippen LogP contribution < -0.4 is 9.47 Å². The highest BCUT2D eigenvalue weighted by molar-refractivity contribution is 7.13. The van der Waals surface area contributed by atoms with Gasteiger partial charge >= 0.3 is 0 Å². The predicted molar refractivity (Wildman–Crippen MR) is 119 cm³/mol. The molecule has 4 aromatic rings. The molecule has 0 atom stereocenters. The summed E-state index contributed by atoms with van der Waals surface area (Å²) in [6.07, 6.45) is 0. The van der Waals surface area contributed by atoms with E-state index in [2.05, 4.69) is 59.0 Å². The van der Waals surface area contributed by atoms with Crippen LogP contribution in [-0.4, -0.2) is 14.2 Å². The van der Waals surface area contributed by atoms with Gasteiger partial charge in [-0.2, -0.15) is 0 Å². The number of methoxy groups -OCH3 is 2. The molecule has 4 heteroatoms. The summed E-state index contributed by atoms with van der Waals surface area (Å²) in [4.78, 5) is 2.38. The molecule has 2 heterocycles. The molecule has 2 nitrogen and oxygen atoms in total. The average Bonchev–Trinajstić information content (AvgIpc) is 3.46. The third kappa shape index (κ3) is 3.82. The van der Waals surface area contributed by atoms with E-state index in [1.165, 1.54) is 9.75 Å². The third-order valence-electron chi connectivity index (χ3n) is 4.36. The van der Waals surface area contributed by atoms with Gasteiger partial charge in [-0.1, -0.05) is 24.0 Å². The van der Waals surface area contributed by atoms with Gasteiger partial charge in [-0.25, -0.2) is 0 Å². The summed E-state index contributed by atoms with van der Waals surface area (Å²) in [5.74, 6) is 8.34. The van der Waals surface area contributed by atoms with Crippen LogP contribution in [0.5, 0.6) is 11.5 Å². The lowest BCUT2D eigenvalue weighted by atomic mass is 10.0. The molecule has 0 amide bonds. The number of hydrogen-bond donors (Lipinski definition) is 0. The Kier molecular flexibility index (Phi) is 5.48. The molecule has 0 saturated carbocycles. The van der Waals surface area contributed by atoms with E-state index in [-0.39, 0.29) is 0 Å². The molecule has 138 valence electrons. The lowest BCUT2D eigenvalue weighted by Crippen LogP contribution is -1.89. The Balaban J connectivity index is 1.83. The summed E-state index contributed by atoms with van der Waals surface area (Å²) in [6.45, 7) is 0. The SMILES string of the molecule is COc1ccc(-c2cccs2)c(C#Cc2cc(OC)ccc2-c2cccs2)c1. The summed E-state index contributed by atoms with van der Waals surface area (Å²) in [6, 6.07) is 20.4. The molecular formula is C24H18O2S2. The molecule has 0 aliphatic carbocycles. The second-order valence-corrected chi connectivity index (χ2v) is 7.92. The molecule has 0 fully saturated rings. The topological polar surface area (TPSA) is 18.5 Å². The molecule has 2 aromatic carbocycles. The molecule has 4 rings (SSSR count). The maximum atomic E-state index is 5.42. The van der Waals surface area contributed by atoms with Crippen molar-refractivity contribution >= 4 is 22.7 Å². The monoisotopic (exact) mass is 402 g/mol. The highest BCUT2D eigenvalue weighted by Gasteiger charge is 2.08. The van der Waals surface area contributed by atoms with Crippen molar-refractivity contribution in [3.05, 3.63) is 82.6 Å². The van der Waals surface area contributed by atoms with E-state index in [1.54, 1.807) is 36.9 Å². The first-order valence-corrected chi connectivity index (χ1v) is 10.5. The lowest BCUT2D eigenvalue weighted by molar-refractivity contribution is 0.414. The zero-order chi connectivity index (χ0) is 19.3. The minimum atomic E-state index is 0.800. The second-order valence-electron chi connectivity index (χ2n) is 6.03. The zero-order valence-corrected chi connectivity index (χ0v) is 17.2. The fourth-order valence-corrected chi connectivity index (χ4v) is 4.47. The number of thiophene rings is 2. The van der Waals surface area contributed by atoms with Gasteiger partial charge in [0.1, 0.15) is 11.5 Å². The number of hydrogen-bond acceptors (Lipinski definition) is 4. The molecule has 0 aliphatic heterocycles. The molecule has 0 saturated heterocycles. The Morgan fingerprint density at radius 2 is 1.11 bits per heavy atom. The smallest absolute Gasteiger partial charge is 0.120 e. The van der Waals surface area contributed by atoms with Crippen molar-refractivity contribution < 1.29 is 9.47 Å².